The van der Waals surface area contributed by atoms with E-state index in [1.54, 1.807) is 11.3 Å². The summed E-state index contributed by atoms with van der Waals surface area (Å²) in [6.45, 7) is 0.0424. The number of aliphatic hydroxyl groups excluding tert-OH is 1. The molecule has 0 saturated heterocycles. The van der Waals surface area contributed by atoms with Crippen molar-refractivity contribution in [1.29, 1.82) is 0 Å². The number of benzene rings is 1. The summed E-state index contributed by atoms with van der Waals surface area (Å²) in [6, 6.07) is 3.83. The van der Waals surface area contributed by atoms with Gasteiger partial charge in [0.1, 0.15) is 0 Å². The van der Waals surface area contributed by atoms with E-state index in [2.05, 4.69) is 15.9 Å². The fourth-order valence-corrected chi connectivity index (χ4v) is 3.15. The molecule has 0 fully saturated rings. The topological polar surface area (TPSA) is 20.2 Å². The number of hydrogen-bond donors (Lipinski definition) is 1. The van der Waals surface area contributed by atoms with Gasteiger partial charge in [0.25, 0.3) is 0 Å². The Morgan fingerprint density at radius 1 is 1.46 bits per heavy atom. The largest absolute Gasteiger partial charge is 0.392 e. The standard InChI is InChI=1S/C9H6BrClOS/c10-7-2-5(3-12)1-6-8(11)4-13-9(6)7/h1-2,4,12H,3H2. The molecule has 4 heteroatoms. The molecule has 2 rings (SSSR count). The van der Waals surface area contributed by atoms with E-state index in [0.29, 0.717) is 0 Å². The zero-order valence-corrected chi connectivity index (χ0v) is 9.71. The Morgan fingerprint density at radius 3 is 2.92 bits per heavy atom. The normalized spacial score (nSPS) is 11.0. The molecule has 0 aliphatic rings. The van der Waals surface area contributed by atoms with Crippen LogP contribution in [0.3, 0.4) is 0 Å². The van der Waals surface area contributed by atoms with Gasteiger partial charge in [-0.25, -0.2) is 0 Å². The highest BCUT2D eigenvalue weighted by molar-refractivity contribution is 9.10. The minimum absolute atomic E-state index is 0.0424. The third kappa shape index (κ3) is 1.62. The molecular formula is C9H6BrClOS. The number of aliphatic hydroxyl groups is 1. The van der Waals surface area contributed by atoms with Crippen LogP contribution in [0, 0.1) is 0 Å². The van der Waals surface area contributed by atoms with E-state index >= 15 is 0 Å². The highest BCUT2D eigenvalue weighted by Gasteiger charge is 2.06. The van der Waals surface area contributed by atoms with Gasteiger partial charge in [-0.3, -0.25) is 0 Å². The van der Waals surface area contributed by atoms with Gasteiger partial charge in [-0.1, -0.05) is 11.6 Å². The van der Waals surface area contributed by atoms with Gasteiger partial charge in [-0.2, -0.15) is 0 Å². The highest BCUT2D eigenvalue weighted by Crippen LogP contribution is 2.36. The average Bonchev–Trinajstić information content (AvgIpc) is 2.48. The van der Waals surface area contributed by atoms with Gasteiger partial charge in [-0.05, 0) is 33.6 Å². The van der Waals surface area contributed by atoms with Crippen LogP contribution in [-0.2, 0) is 6.61 Å². The smallest absolute Gasteiger partial charge is 0.0682 e. The van der Waals surface area contributed by atoms with E-state index in [0.717, 1.165) is 25.1 Å². The summed E-state index contributed by atoms with van der Waals surface area (Å²) in [5.74, 6) is 0. The summed E-state index contributed by atoms with van der Waals surface area (Å²) in [5.41, 5.74) is 0.875. The average molecular weight is 278 g/mol. The first-order valence-electron chi connectivity index (χ1n) is 3.68. The van der Waals surface area contributed by atoms with E-state index in [1.165, 1.54) is 0 Å². The quantitative estimate of drug-likeness (QED) is 0.840. The van der Waals surface area contributed by atoms with Crippen LogP contribution in [0.15, 0.2) is 22.0 Å². The number of halogens is 2. The molecule has 0 radical (unpaired) electrons. The Morgan fingerprint density at radius 2 is 2.23 bits per heavy atom. The lowest BCUT2D eigenvalue weighted by atomic mass is 10.2. The molecular weight excluding hydrogens is 272 g/mol. The fourth-order valence-electron chi connectivity index (χ4n) is 1.21. The summed E-state index contributed by atoms with van der Waals surface area (Å²) < 4.78 is 2.12. The summed E-state index contributed by atoms with van der Waals surface area (Å²) in [5, 5.41) is 12.6. The van der Waals surface area contributed by atoms with Crippen molar-refractivity contribution in [1.82, 2.24) is 0 Å². The van der Waals surface area contributed by atoms with E-state index in [1.807, 2.05) is 17.5 Å². The lowest BCUT2D eigenvalue weighted by Crippen LogP contribution is -1.82. The summed E-state index contributed by atoms with van der Waals surface area (Å²) >= 11 is 11.0. The van der Waals surface area contributed by atoms with Crippen molar-refractivity contribution in [3.05, 3.63) is 32.6 Å². The monoisotopic (exact) mass is 276 g/mol. The number of rotatable bonds is 1. The van der Waals surface area contributed by atoms with Crippen molar-refractivity contribution in [3.8, 4) is 0 Å². The Kier molecular flexibility index (Phi) is 2.60. The Balaban J connectivity index is 2.80. The van der Waals surface area contributed by atoms with Crippen LogP contribution >= 0.6 is 38.9 Å². The minimum atomic E-state index is 0.0424. The van der Waals surface area contributed by atoms with Crippen molar-refractivity contribution in [3.63, 3.8) is 0 Å². The fraction of sp³-hybridized carbons (Fsp3) is 0.111. The second-order valence-electron chi connectivity index (χ2n) is 2.70. The maximum atomic E-state index is 8.99. The van der Waals surface area contributed by atoms with Crippen molar-refractivity contribution in [2.45, 2.75) is 6.61 Å². The van der Waals surface area contributed by atoms with Gasteiger partial charge in [-0.15, -0.1) is 11.3 Å². The summed E-state index contributed by atoms with van der Waals surface area (Å²) in [7, 11) is 0. The molecule has 0 atom stereocenters. The van der Waals surface area contributed by atoms with Crippen LogP contribution < -0.4 is 0 Å². The lowest BCUT2D eigenvalue weighted by molar-refractivity contribution is 0.282. The van der Waals surface area contributed by atoms with Gasteiger partial charge < -0.3 is 5.11 Å². The zero-order chi connectivity index (χ0) is 9.42. The molecule has 0 unspecified atom stereocenters. The van der Waals surface area contributed by atoms with Crippen LogP contribution in [0.4, 0.5) is 0 Å². The van der Waals surface area contributed by atoms with Gasteiger partial charge in [0.2, 0.25) is 0 Å². The van der Waals surface area contributed by atoms with Crippen LogP contribution in [0.25, 0.3) is 10.1 Å². The van der Waals surface area contributed by atoms with Crippen molar-refractivity contribution < 1.29 is 5.11 Å². The minimum Gasteiger partial charge on any atom is -0.392 e. The van der Waals surface area contributed by atoms with Crippen molar-refractivity contribution in [2.24, 2.45) is 0 Å². The summed E-state index contributed by atoms with van der Waals surface area (Å²) in [4.78, 5) is 0. The predicted octanol–water partition coefficient (Wildman–Crippen LogP) is 3.81. The highest BCUT2D eigenvalue weighted by atomic mass is 79.9. The number of fused-ring (bicyclic) bond motifs is 1. The first-order chi connectivity index (χ1) is 6.22. The molecule has 68 valence electrons. The Hall–Kier alpha value is -0.0900. The van der Waals surface area contributed by atoms with Gasteiger partial charge in [0.15, 0.2) is 0 Å². The Labute approximate surface area is 93.1 Å². The van der Waals surface area contributed by atoms with E-state index in [4.69, 9.17) is 16.7 Å². The SMILES string of the molecule is OCc1cc(Br)c2scc(Cl)c2c1. The first kappa shape index (κ1) is 9.46. The van der Waals surface area contributed by atoms with Crippen molar-refractivity contribution >= 4 is 49.0 Å². The molecule has 13 heavy (non-hydrogen) atoms. The van der Waals surface area contributed by atoms with Crippen LogP contribution in [-0.4, -0.2) is 5.11 Å². The molecule has 0 aliphatic carbocycles. The Bertz CT molecular complexity index is 452. The van der Waals surface area contributed by atoms with E-state index in [9.17, 15) is 0 Å². The molecule has 1 aromatic carbocycles. The van der Waals surface area contributed by atoms with Crippen LogP contribution in [0.5, 0.6) is 0 Å². The predicted molar refractivity (Wildman–Crippen MR) is 60.5 cm³/mol. The number of hydrogen-bond acceptors (Lipinski definition) is 2. The van der Waals surface area contributed by atoms with Crippen LogP contribution in [0.2, 0.25) is 5.02 Å². The molecule has 0 amide bonds. The molecule has 0 bridgehead atoms. The molecule has 1 heterocycles. The second kappa shape index (κ2) is 3.58. The molecule has 0 aliphatic heterocycles. The number of thiophene rings is 1. The zero-order valence-electron chi connectivity index (χ0n) is 6.55. The third-order valence-electron chi connectivity index (χ3n) is 1.82. The van der Waals surface area contributed by atoms with Crippen LogP contribution in [0.1, 0.15) is 5.56 Å². The molecule has 0 spiro atoms. The van der Waals surface area contributed by atoms with Gasteiger partial charge in [0.05, 0.1) is 16.3 Å². The van der Waals surface area contributed by atoms with Crippen molar-refractivity contribution in [2.75, 3.05) is 0 Å². The van der Waals surface area contributed by atoms with Gasteiger partial charge >= 0.3 is 0 Å². The van der Waals surface area contributed by atoms with E-state index < -0.39 is 0 Å². The lowest BCUT2D eigenvalue weighted by Gasteiger charge is -1.99. The second-order valence-corrected chi connectivity index (χ2v) is 4.84. The summed E-state index contributed by atoms with van der Waals surface area (Å²) in [6.07, 6.45) is 0. The third-order valence-corrected chi connectivity index (χ3v) is 4.18. The van der Waals surface area contributed by atoms with E-state index in [-0.39, 0.29) is 6.61 Å². The molecule has 1 N–H and O–H groups in total. The molecule has 1 aromatic heterocycles. The maximum Gasteiger partial charge on any atom is 0.0682 e. The maximum absolute atomic E-state index is 8.99. The molecule has 0 saturated carbocycles. The first-order valence-corrected chi connectivity index (χ1v) is 5.73. The molecule has 1 nitrogen and oxygen atoms in total. The molecule has 2 aromatic rings. The van der Waals surface area contributed by atoms with Gasteiger partial charge in [0, 0.05) is 15.2 Å².